The van der Waals surface area contributed by atoms with Crippen molar-refractivity contribution in [2.45, 2.75) is 11.4 Å². The normalized spacial score (nSPS) is 11.1. The van der Waals surface area contributed by atoms with Gasteiger partial charge in [-0.1, -0.05) is 30.3 Å². The van der Waals surface area contributed by atoms with Crippen LogP contribution in [0, 0.1) is 0 Å². The molecule has 0 fully saturated rings. The quantitative estimate of drug-likeness (QED) is 0.366. The number of hydrogen-bond acceptors (Lipinski definition) is 5. The molecule has 0 aliphatic rings. The van der Waals surface area contributed by atoms with E-state index >= 15 is 0 Å². The van der Waals surface area contributed by atoms with Crippen molar-refractivity contribution in [2.75, 3.05) is 5.32 Å². The van der Waals surface area contributed by atoms with E-state index in [1.165, 1.54) is 29.8 Å². The van der Waals surface area contributed by atoms with E-state index in [1.807, 2.05) is 42.5 Å². The summed E-state index contributed by atoms with van der Waals surface area (Å²) in [5, 5.41) is 11.5. The standard InChI is InChI=1S/C19H17N3O3S.Na/c23-26(24,25)19-12-10-18(11-13-19)22-21-17-8-6-16(7-9-17)20-14-15-4-2-1-3-5-15;/h1-13,20H,14H2,(H,23,24,25);. The van der Waals surface area contributed by atoms with Gasteiger partial charge in [-0.2, -0.15) is 18.6 Å². The molecular formula is C19H17N3NaO3S. The second kappa shape index (κ2) is 9.77. The van der Waals surface area contributed by atoms with Gasteiger partial charge in [0.1, 0.15) is 0 Å². The number of rotatable bonds is 6. The van der Waals surface area contributed by atoms with Crippen LogP contribution in [0.2, 0.25) is 0 Å². The van der Waals surface area contributed by atoms with Crippen LogP contribution in [0.3, 0.4) is 0 Å². The summed E-state index contributed by atoms with van der Waals surface area (Å²) in [5.74, 6) is 0. The monoisotopic (exact) mass is 390 g/mol. The second-order valence-electron chi connectivity index (χ2n) is 5.55. The molecular weight excluding hydrogens is 373 g/mol. The molecule has 2 N–H and O–H groups in total. The minimum absolute atomic E-state index is 0. The average molecular weight is 390 g/mol. The molecule has 8 heteroatoms. The third-order valence-corrected chi connectivity index (χ3v) is 4.49. The van der Waals surface area contributed by atoms with Gasteiger partial charge in [-0.15, -0.1) is 0 Å². The number of anilines is 1. The summed E-state index contributed by atoms with van der Waals surface area (Å²) >= 11 is 0. The zero-order valence-corrected chi connectivity index (χ0v) is 17.6. The molecule has 0 saturated carbocycles. The largest absolute Gasteiger partial charge is 0.381 e. The van der Waals surface area contributed by atoms with Crippen LogP contribution < -0.4 is 5.32 Å². The molecule has 3 rings (SSSR count). The molecule has 3 aromatic rings. The Hall–Kier alpha value is -2.03. The van der Waals surface area contributed by atoms with Crippen molar-refractivity contribution in [3.05, 3.63) is 84.4 Å². The van der Waals surface area contributed by atoms with Gasteiger partial charge in [0.05, 0.1) is 16.3 Å². The molecule has 0 aliphatic carbocycles. The number of hydrogen-bond donors (Lipinski definition) is 2. The topological polar surface area (TPSA) is 91.1 Å². The molecule has 3 aromatic carbocycles. The fraction of sp³-hybridized carbons (Fsp3) is 0.0526. The molecule has 0 unspecified atom stereocenters. The summed E-state index contributed by atoms with van der Waals surface area (Å²) in [6, 6.07) is 23.1. The molecule has 0 atom stereocenters. The summed E-state index contributed by atoms with van der Waals surface area (Å²) in [4.78, 5) is -0.176. The van der Waals surface area contributed by atoms with Gasteiger partial charge in [-0.25, -0.2) is 0 Å². The van der Waals surface area contributed by atoms with E-state index in [-0.39, 0.29) is 34.5 Å². The first-order valence-corrected chi connectivity index (χ1v) is 9.32. The van der Waals surface area contributed by atoms with Gasteiger partial charge in [0.15, 0.2) is 0 Å². The minimum atomic E-state index is -4.20. The fourth-order valence-electron chi connectivity index (χ4n) is 2.25. The molecule has 0 amide bonds. The van der Waals surface area contributed by atoms with Crippen molar-refractivity contribution >= 4 is 56.7 Å². The molecule has 1 radical (unpaired) electrons. The minimum Gasteiger partial charge on any atom is -0.381 e. The first-order valence-electron chi connectivity index (χ1n) is 7.88. The Bertz CT molecular complexity index is 991. The maximum Gasteiger partial charge on any atom is 0.294 e. The predicted molar refractivity (Wildman–Crippen MR) is 106 cm³/mol. The predicted octanol–water partition coefficient (Wildman–Crippen LogP) is 4.58. The fourth-order valence-corrected chi connectivity index (χ4v) is 2.73. The van der Waals surface area contributed by atoms with Crippen molar-refractivity contribution in [1.29, 1.82) is 0 Å². The third-order valence-electron chi connectivity index (χ3n) is 3.62. The van der Waals surface area contributed by atoms with Crippen LogP contribution in [-0.4, -0.2) is 42.5 Å². The van der Waals surface area contributed by atoms with Crippen molar-refractivity contribution in [3.63, 3.8) is 0 Å². The van der Waals surface area contributed by atoms with Gasteiger partial charge < -0.3 is 5.32 Å². The Balaban J connectivity index is 0.00000261. The Morgan fingerprint density at radius 2 is 1.30 bits per heavy atom. The van der Waals surface area contributed by atoms with Gasteiger partial charge in [0, 0.05) is 41.8 Å². The number of azo groups is 1. The maximum atomic E-state index is 11.0. The Kier molecular flexibility index (Phi) is 7.70. The average Bonchev–Trinajstić information content (AvgIpc) is 2.66. The van der Waals surface area contributed by atoms with E-state index in [0.29, 0.717) is 11.4 Å². The summed E-state index contributed by atoms with van der Waals surface area (Å²) in [7, 11) is -4.20. The Labute approximate surface area is 180 Å². The summed E-state index contributed by atoms with van der Waals surface area (Å²) < 4.78 is 30.9. The first-order chi connectivity index (χ1) is 12.5. The van der Waals surface area contributed by atoms with Crippen molar-refractivity contribution < 1.29 is 13.0 Å². The van der Waals surface area contributed by atoms with Crippen LogP contribution in [0.15, 0.2) is 94.0 Å². The van der Waals surface area contributed by atoms with Crippen molar-refractivity contribution in [2.24, 2.45) is 10.2 Å². The van der Waals surface area contributed by atoms with E-state index in [4.69, 9.17) is 4.55 Å². The van der Waals surface area contributed by atoms with Crippen LogP contribution in [0.25, 0.3) is 0 Å². The summed E-state index contributed by atoms with van der Waals surface area (Å²) in [5.41, 5.74) is 3.34. The van der Waals surface area contributed by atoms with Gasteiger partial charge in [0.25, 0.3) is 10.1 Å². The Morgan fingerprint density at radius 1 is 0.778 bits per heavy atom. The zero-order valence-electron chi connectivity index (χ0n) is 14.8. The molecule has 27 heavy (non-hydrogen) atoms. The number of nitrogens with one attached hydrogen (secondary N) is 1. The molecule has 0 aliphatic heterocycles. The van der Waals surface area contributed by atoms with Crippen LogP contribution in [-0.2, 0) is 16.7 Å². The van der Waals surface area contributed by atoms with Gasteiger partial charge >= 0.3 is 0 Å². The number of benzene rings is 3. The molecule has 0 saturated heterocycles. The molecule has 6 nitrogen and oxygen atoms in total. The van der Waals surface area contributed by atoms with Crippen LogP contribution in [0.4, 0.5) is 17.1 Å². The summed E-state index contributed by atoms with van der Waals surface area (Å²) in [6.07, 6.45) is 0. The zero-order chi connectivity index (χ0) is 18.4. The van der Waals surface area contributed by atoms with Crippen LogP contribution >= 0.6 is 0 Å². The van der Waals surface area contributed by atoms with E-state index in [0.717, 1.165) is 12.2 Å². The van der Waals surface area contributed by atoms with Gasteiger partial charge in [-0.05, 0) is 54.1 Å². The van der Waals surface area contributed by atoms with E-state index < -0.39 is 10.1 Å². The van der Waals surface area contributed by atoms with Crippen LogP contribution in [0.5, 0.6) is 0 Å². The molecule has 0 bridgehead atoms. The maximum absolute atomic E-state index is 11.0. The number of nitrogens with zero attached hydrogens (tertiary/aromatic N) is 2. The summed E-state index contributed by atoms with van der Waals surface area (Å²) in [6.45, 7) is 0.738. The van der Waals surface area contributed by atoms with Crippen LogP contribution in [0.1, 0.15) is 5.56 Å². The third kappa shape index (κ3) is 6.57. The molecule has 0 spiro atoms. The molecule has 0 aromatic heterocycles. The smallest absolute Gasteiger partial charge is 0.294 e. The van der Waals surface area contributed by atoms with E-state index in [2.05, 4.69) is 27.7 Å². The van der Waals surface area contributed by atoms with E-state index in [9.17, 15) is 8.42 Å². The SMILES string of the molecule is O=S(=O)(O)c1ccc(N=Nc2ccc(NCc3ccccc3)cc2)cc1.[Na]. The second-order valence-corrected chi connectivity index (χ2v) is 6.98. The van der Waals surface area contributed by atoms with Gasteiger partial charge in [0.2, 0.25) is 0 Å². The molecule has 0 heterocycles. The first kappa shape index (κ1) is 21.3. The molecule has 133 valence electrons. The van der Waals surface area contributed by atoms with Gasteiger partial charge in [-0.3, -0.25) is 4.55 Å². The van der Waals surface area contributed by atoms with E-state index in [1.54, 1.807) is 0 Å². The van der Waals surface area contributed by atoms with Crippen molar-refractivity contribution in [1.82, 2.24) is 0 Å². The Morgan fingerprint density at radius 3 is 1.81 bits per heavy atom. The van der Waals surface area contributed by atoms with Crippen molar-refractivity contribution in [3.8, 4) is 0 Å².